The minimum Gasteiger partial charge on any atom is -0.357 e. The van der Waals surface area contributed by atoms with Gasteiger partial charge in [-0.3, -0.25) is 4.79 Å². The summed E-state index contributed by atoms with van der Waals surface area (Å²) in [7, 11) is 0. The van der Waals surface area contributed by atoms with E-state index in [1.807, 2.05) is 0 Å². The van der Waals surface area contributed by atoms with Crippen LogP contribution in [0.25, 0.3) is 0 Å². The summed E-state index contributed by atoms with van der Waals surface area (Å²) < 4.78 is 0. The molecule has 0 spiro atoms. The Kier molecular flexibility index (Phi) is 10.3. The number of carbonyl (C=O) groups is 1. The fourth-order valence-electron chi connectivity index (χ4n) is 2.89. The molecule has 1 amide bonds. The van der Waals surface area contributed by atoms with E-state index in [9.17, 15) is 4.79 Å². The predicted octanol–water partition coefficient (Wildman–Crippen LogP) is 3.21. The normalized spacial score (nSPS) is 16.0. The van der Waals surface area contributed by atoms with E-state index in [-0.39, 0.29) is 24.0 Å². The van der Waals surface area contributed by atoms with Crippen LogP contribution in [-0.4, -0.2) is 42.4 Å². The van der Waals surface area contributed by atoms with Crippen molar-refractivity contribution in [1.29, 1.82) is 0 Å². The minimum absolute atomic E-state index is 0. The second kappa shape index (κ2) is 11.7. The molecule has 0 bridgehead atoms. The lowest BCUT2D eigenvalue weighted by Crippen LogP contribution is -2.42. The van der Waals surface area contributed by atoms with Crippen molar-refractivity contribution < 1.29 is 4.79 Å². The number of amides is 1. The number of hydrogen-bond donors (Lipinski definition) is 2. The molecule has 2 N–H and O–H groups in total. The fraction of sp³-hybridized carbons (Fsp3) is 0.647. The SMILES string of the molecule is CCNC(=NCc1ccsc1)NCCC(CC)N1CCCC1=O.I. The third kappa shape index (κ3) is 6.58. The van der Waals surface area contributed by atoms with Gasteiger partial charge in [-0.25, -0.2) is 4.99 Å². The number of halogens is 1. The zero-order valence-electron chi connectivity index (χ0n) is 14.6. The number of nitrogens with zero attached hydrogens (tertiary/aromatic N) is 2. The van der Waals surface area contributed by atoms with Crippen LogP contribution in [0.3, 0.4) is 0 Å². The standard InChI is InChI=1S/C17H28N4OS.HI/c1-3-15(21-10-5-6-16(21)22)7-9-19-17(18-4-2)20-12-14-8-11-23-13-14;/h8,11,13,15H,3-7,9-10,12H2,1-2H3,(H2,18,19,20);1H. The summed E-state index contributed by atoms with van der Waals surface area (Å²) in [5.41, 5.74) is 1.24. The van der Waals surface area contributed by atoms with E-state index in [4.69, 9.17) is 0 Å². The lowest BCUT2D eigenvalue weighted by atomic mass is 10.1. The third-order valence-corrected chi connectivity index (χ3v) is 4.87. The quantitative estimate of drug-likeness (QED) is 0.353. The van der Waals surface area contributed by atoms with Crippen LogP contribution in [0, 0.1) is 0 Å². The summed E-state index contributed by atoms with van der Waals surface area (Å²) in [5, 5.41) is 10.9. The average Bonchev–Trinajstić information content (AvgIpc) is 3.21. The number of hydrogen-bond acceptors (Lipinski definition) is 3. The Bertz CT molecular complexity index is 507. The van der Waals surface area contributed by atoms with Crippen LogP contribution in [0.2, 0.25) is 0 Å². The first-order valence-electron chi connectivity index (χ1n) is 8.57. The van der Waals surface area contributed by atoms with Crippen molar-refractivity contribution in [2.75, 3.05) is 19.6 Å². The maximum absolute atomic E-state index is 11.9. The van der Waals surface area contributed by atoms with Gasteiger partial charge in [0.25, 0.3) is 0 Å². The van der Waals surface area contributed by atoms with Crippen molar-refractivity contribution in [1.82, 2.24) is 15.5 Å². The lowest BCUT2D eigenvalue weighted by molar-refractivity contribution is -0.129. The number of likely N-dealkylation sites (tertiary alicyclic amines) is 1. The molecule has 5 nitrogen and oxygen atoms in total. The molecule has 0 saturated carbocycles. The Morgan fingerprint density at radius 2 is 2.25 bits per heavy atom. The largest absolute Gasteiger partial charge is 0.357 e. The summed E-state index contributed by atoms with van der Waals surface area (Å²) in [6, 6.07) is 2.45. The van der Waals surface area contributed by atoms with E-state index >= 15 is 0 Å². The van der Waals surface area contributed by atoms with Crippen molar-refractivity contribution >= 4 is 47.2 Å². The van der Waals surface area contributed by atoms with E-state index in [2.05, 4.69) is 51.2 Å². The molecule has 136 valence electrons. The minimum atomic E-state index is 0. The van der Waals surface area contributed by atoms with Crippen molar-refractivity contribution in [3.63, 3.8) is 0 Å². The van der Waals surface area contributed by atoms with E-state index in [0.29, 0.717) is 24.9 Å². The van der Waals surface area contributed by atoms with Crippen molar-refractivity contribution in [3.8, 4) is 0 Å². The fourth-order valence-corrected chi connectivity index (χ4v) is 3.55. The number of carbonyl (C=O) groups excluding carboxylic acids is 1. The van der Waals surface area contributed by atoms with Crippen LogP contribution in [0.15, 0.2) is 21.8 Å². The van der Waals surface area contributed by atoms with E-state index in [0.717, 1.165) is 44.9 Å². The van der Waals surface area contributed by atoms with Gasteiger partial charge in [0, 0.05) is 32.1 Å². The molecule has 1 fully saturated rings. The highest BCUT2D eigenvalue weighted by atomic mass is 127. The average molecular weight is 464 g/mol. The Balaban J connectivity index is 0.00000288. The Labute approximate surface area is 166 Å². The zero-order chi connectivity index (χ0) is 16.5. The summed E-state index contributed by atoms with van der Waals surface area (Å²) >= 11 is 1.70. The first-order chi connectivity index (χ1) is 11.2. The van der Waals surface area contributed by atoms with Crippen LogP contribution in [-0.2, 0) is 11.3 Å². The summed E-state index contributed by atoms with van der Waals surface area (Å²) in [6.07, 6.45) is 3.70. The second-order valence-electron chi connectivity index (χ2n) is 5.79. The van der Waals surface area contributed by atoms with Gasteiger partial charge in [-0.15, -0.1) is 24.0 Å². The summed E-state index contributed by atoms with van der Waals surface area (Å²) in [4.78, 5) is 18.5. The van der Waals surface area contributed by atoms with Crippen LogP contribution in [0.4, 0.5) is 0 Å². The maximum atomic E-state index is 11.9. The Morgan fingerprint density at radius 1 is 1.42 bits per heavy atom. The van der Waals surface area contributed by atoms with Crippen LogP contribution >= 0.6 is 35.3 Å². The molecule has 0 radical (unpaired) electrons. The molecular formula is C17H29IN4OS. The van der Waals surface area contributed by atoms with E-state index < -0.39 is 0 Å². The first kappa shape index (κ1) is 21.2. The molecule has 24 heavy (non-hydrogen) atoms. The third-order valence-electron chi connectivity index (χ3n) is 4.14. The molecule has 1 aliphatic rings. The molecule has 1 saturated heterocycles. The molecular weight excluding hydrogens is 435 g/mol. The molecule has 1 unspecified atom stereocenters. The van der Waals surface area contributed by atoms with Crippen molar-refractivity contribution in [3.05, 3.63) is 22.4 Å². The van der Waals surface area contributed by atoms with Gasteiger partial charge in [0.05, 0.1) is 6.54 Å². The van der Waals surface area contributed by atoms with E-state index in [1.54, 1.807) is 11.3 Å². The van der Waals surface area contributed by atoms with Gasteiger partial charge in [-0.1, -0.05) is 6.92 Å². The second-order valence-corrected chi connectivity index (χ2v) is 6.58. The van der Waals surface area contributed by atoms with Gasteiger partial charge in [-0.05, 0) is 48.6 Å². The monoisotopic (exact) mass is 464 g/mol. The highest BCUT2D eigenvalue weighted by Crippen LogP contribution is 2.17. The number of thiophene rings is 1. The Hall–Kier alpha value is -0.830. The topological polar surface area (TPSA) is 56.7 Å². The number of guanidine groups is 1. The first-order valence-corrected chi connectivity index (χ1v) is 9.51. The van der Waals surface area contributed by atoms with Gasteiger partial charge < -0.3 is 15.5 Å². The lowest BCUT2D eigenvalue weighted by Gasteiger charge is -2.27. The van der Waals surface area contributed by atoms with Gasteiger partial charge in [-0.2, -0.15) is 11.3 Å². The van der Waals surface area contributed by atoms with Gasteiger partial charge in [0.15, 0.2) is 5.96 Å². The molecule has 7 heteroatoms. The van der Waals surface area contributed by atoms with Crippen molar-refractivity contribution in [2.24, 2.45) is 4.99 Å². The number of nitrogens with one attached hydrogen (secondary N) is 2. The zero-order valence-corrected chi connectivity index (χ0v) is 17.7. The molecule has 1 aromatic rings. The molecule has 2 heterocycles. The summed E-state index contributed by atoms with van der Waals surface area (Å²) in [5.74, 6) is 1.16. The van der Waals surface area contributed by atoms with Crippen molar-refractivity contribution in [2.45, 2.75) is 52.1 Å². The van der Waals surface area contributed by atoms with Crippen LogP contribution < -0.4 is 10.6 Å². The highest BCUT2D eigenvalue weighted by Gasteiger charge is 2.26. The van der Waals surface area contributed by atoms with Gasteiger partial charge in [0.1, 0.15) is 0 Å². The summed E-state index contributed by atoms with van der Waals surface area (Å²) in [6.45, 7) is 7.52. The van der Waals surface area contributed by atoms with E-state index in [1.165, 1.54) is 5.56 Å². The molecule has 2 rings (SSSR count). The highest BCUT2D eigenvalue weighted by molar-refractivity contribution is 14.0. The molecule has 0 aliphatic carbocycles. The van der Waals surface area contributed by atoms with Gasteiger partial charge >= 0.3 is 0 Å². The van der Waals surface area contributed by atoms with Gasteiger partial charge in [0.2, 0.25) is 5.91 Å². The smallest absolute Gasteiger partial charge is 0.222 e. The van der Waals surface area contributed by atoms with Crippen LogP contribution in [0.1, 0.15) is 45.1 Å². The molecule has 1 aliphatic heterocycles. The number of aliphatic imine (C=N–C) groups is 1. The van der Waals surface area contributed by atoms with Crippen LogP contribution in [0.5, 0.6) is 0 Å². The molecule has 0 aromatic carbocycles. The molecule has 1 aromatic heterocycles. The Morgan fingerprint density at radius 3 is 2.83 bits per heavy atom. The number of rotatable bonds is 8. The molecule has 1 atom stereocenters. The predicted molar refractivity (Wildman–Crippen MR) is 112 cm³/mol. The maximum Gasteiger partial charge on any atom is 0.222 e.